The van der Waals surface area contributed by atoms with Gasteiger partial charge in [-0.3, -0.25) is 19.1 Å². The number of morpholine rings is 1. The maximum atomic E-state index is 14.7. The lowest BCUT2D eigenvalue weighted by Gasteiger charge is -2.36. The third kappa shape index (κ3) is 8.98. The van der Waals surface area contributed by atoms with Gasteiger partial charge in [-0.05, 0) is 75.1 Å². The molecule has 56 heavy (non-hydrogen) atoms. The van der Waals surface area contributed by atoms with Crippen LogP contribution < -0.4 is 29.7 Å². The standard InChI is InChI=1S/C39H54N6O10S/c1-9-24-21-39(24,35(48)43-56(50,51)27-11-12-27)42-32(46)29-20-26(22-45(29)34(47)31(37(2,3)4)41-36(49)55-38(5,6)7)54-33-28-13-10-25(52-8)18-23(28)19-30(40-33)44-14-16-53-17-15-44/h9-10,13,18-19,24,26-27,29,31H,1,11-12,14-17,20-22H2,2-8H3,(H,41,49)(H,42,46)(H,43,48)/t24?,26-,29+,31-,39-/m1/s1. The Hall–Kier alpha value is -4.64. The van der Waals surface area contributed by atoms with E-state index in [0.29, 0.717) is 62.0 Å². The Morgan fingerprint density at radius 3 is 2.36 bits per heavy atom. The number of amides is 4. The highest BCUT2D eigenvalue weighted by Crippen LogP contribution is 2.46. The molecule has 4 aliphatic rings. The van der Waals surface area contributed by atoms with Gasteiger partial charge < -0.3 is 39.4 Å². The average molecular weight is 799 g/mol. The monoisotopic (exact) mass is 798 g/mol. The van der Waals surface area contributed by atoms with E-state index in [1.807, 2.05) is 18.2 Å². The Bertz CT molecular complexity index is 1990. The zero-order valence-electron chi connectivity index (χ0n) is 33.2. The van der Waals surface area contributed by atoms with E-state index in [9.17, 15) is 27.6 Å². The van der Waals surface area contributed by atoms with E-state index in [1.54, 1.807) is 54.7 Å². The molecule has 1 aromatic heterocycles. The number of carbonyl (C=O) groups is 4. The van der Waals surface area contributed by atoms with Crippen molar-refractivity contribution in [2.24, 2.45) is 11.3 Å². The van der Waals surface area contributed by atoms with Crippen LogP contribution in [0.25, 0.3) is 10.8 Å². The molecule has 4 amide bonds. The molecule has 306 valence electrons. The number of hydrogen-bond acceptors (Lipinski definition) is 12. The molecule has 16 nitrogen and oxygen atoms in total. The number of rotatable bonds is 12. The van der Waals surface area contributed by atoms with Crippen molar-refractivity contribution < 1.29 is 46.5 Å². The molecule has 2 saturated heterocycles. The highest BCUT2D eigenvalue weighted by Gasteiger charge is 2.62. The Kier molecular flexibility index (Phi) is 11.3. The summed E-state index contributed by atoms with van der Waals surface area (Å²) in [6.07, 6.45) is 0.972. The molecule has 4 fully saturated rings. The number of nitrogens with zero attached hydrogens (tertiary/aromatic N) is 3. The summed E-state index contributed by atoms with van der Waals surface area (Å²) in [7, 11) is -2.33. The number of aromatic nitrogens is 1. The summed E-state index contributed by atoms with van der Waals surface area (Å²) in [5.41, 5.74) is -3.25. The van der Waals surface area contributed by atoms with Crippen LogP contribution in [-0.2, 0) is 33.9 Å². The maximum Gasteiger partial charge on any atom is 0.408 e. The van der Waals surface area contributed by atoms with Gasteiger partial charge in [0.25, 0.3) is 5.91 Å². The van der Waals surface area contributed by atoms with Gasteiger partial charge in [0.05, 0.1) is 32.1 Å². The summed E-state index contributed by atoms with van der Waals surface area (Å²) in [5.74, 6) is -1.03. The first-order valence-electron chi connectivity index (χ1n) is 19.0. The van der Waals surface area contributed by atoms with Crippen molar-refractivity contribution in [3.63, 3.8) is 0 Å². The Morgan fingerprint density at radius 2 is 1.77 bits per heavy atom. The SMILES string of the molecule is C=CC1C[C@]1(NC(=O)[C@@H]1C[C@@H](Oc2nc(N3CCOCC3)cc3cc(OC)ccc23)CN1C(=O)[C@@H](NC(=O)OC(C)(C)C)C(C)(C)C)C(=O)NS(=O)(=O)C1CC1. The van der Waals surface area contributed by atoms with E-state index >= 15 is 0 Å². The molecule has 3 heterocycles. The third-order valence-electron chi connectivity index (χ3n) is 10.5. The van der Waals surface area contributed by atoms with Gasteiger partial charge in [-0.15, -0.1) is 6.58 Å². The molecule has 2 saturated carbocycles. The summed E-state index contributed by atoms with van der Waals surface area (Å²) < 4.78 is 50.9. The fourth-order valence-electron chi connectivity index (χ4n) is 7.15. The maximum absolute atomic E-state index is 14.7. The number of fused-ring (bicyclic) bond motifs is 1. The number of carbonyl (C=O) groups excluding carboxylic acids is 4. The van der Waals surface area contributed by atoms with Crippen molar-refractivity contribution in [3.8, 4) is 11.6 Å². The van der Waals surface area contributed by atoms with Crippen LogP contribution in [0.2, 0.25) is 0 Å². The second-order valence-corrected chi connectivity index (χ2v) is 19.0. The van der Waals surface area contributed by atoms with Crippen LogP contribution in [0.1, 0.15) is 67.2 Å². The van der Waals surface area contributed by atoms with Gasteiger partial charge in [0.2, 0.25) is 27.7 Å². The van der Waals surface area contributed by atoms with Crippen molar-refractivity contribution in [1.29, 1.82) is 0 Å². The van der Waals surface area contributed by atoms with Crippen LogP contribution >= 0.6 is 0 Å². The van der Waals surface area contributed by atoms with Gasteiger partial charge in [-0.2, -0.15) is 4.98 Å². The van der Waals surface area contributed by atoms with E-state index in [1.165, 1.54) is 11.0 Å². The molecular weight excluding hydrogens is 745 g/mol. The number of sulfonamides is 1. The fourth-order valence-corrected chi connectivity index (χ4v) is 8.52. The summed E-state index contributed by atoms with van der Waals surface area (Å²) >= 11 is 0. The Balaban J connectivity index is 1.33. The lowest BCUT2D eigenvalue weighted by atomic mass is 9.85. The highest BCUT2D eigenvalue weighted by molar-refractivity contribution is 7.91. The van der Waals surface area contributed by atoms with Crippen molar-refractivity contribution in [2.75, 3.05) is 44.9 Å². The molecular formula is C39H54N6O10S. The molecule has 0 bridgehead atoms. The van der Waals surface area contributed by atoms with E-state index in [-0.39, 0.29) is 19.4 Å². The van der Waals surface area contributed by atoms with Gasteiger partial charge in [0, 0.05) is 30.8 Å². The fraction of sp³-hybridized carbons (Fsp3) is 0.615. The number of hydrogen-bond donors (Lipinski definition) is 3. The summed E-state index contributed by atoms with van der Waals surface area (Å²) in [4.78, 5) is 64.1. The molecule has 0 spiro atoms. The van der Waals surface area contributed by atoms with Crippen molar-refractivity contribution in [3.05, 3.63) is 36.9 Å². The normalized spacial score (nSPS) is 24.5. The van der Waals surface area contributed by atoms with Gasteiger partial charge in [0.1, 0.15) is 40.9 Å². The first-order chi connectivity index (χ1) is 26.2. The minimum Gasteiger partial charge on any atom is -0.497 e. The van der Waals surface area contributed by atoms with E-state index in [2.05, 4.69) is 26.8 Å². The van der Waals surface area contributed by atoms with Gasteiger partial charge >= 0.3 is 6.09 Å². The molecule has 0 radical (unpaired) electrons. The number of benzene rings is 1. The number of alkyl carbamates (subject to hydrolysis) is 1. The zero-order chi connectivity index (χ0) is 40.8. The second-order valence-electron chi connectivity index (χ2n) is 17.1. The first kappa shape index (κ1) is 41.0. The lowest BCUT2D eigenvalue weighted by molar-refractivity contribution is -0.143. The summed E-state index contributed by atoms with van der Waals surface area (Å²) in [5, 5.41) is 6.37. The molecule has 2 aliphatic carbocycles. The smallest absolute Gasteiger partial charge is 0.408 e. The summed E-state index contributed by atoms with van der Waals surface area (Å²) in [6, 6.07) is 5.15. The molecule has 2 aromatic rings. The molecule has 1 unspecified atom stereocenters. The van der Waals surface area contributed by atoms with Crippen LogP contribution in [-0.4, -0.2) is 117 Å². The van der Waals surface area contributed by atoms with Crippen LogP contribution in [0, 0.1) is 11.3 Å². The minimum atomic E-state index is -3.92. The van der Waals surface area contributed by atoms with Crippen LogP contribution in [0.3, 0.4) is 0 Å². The van der Waals surface area contributed by atoms with Crippen LogP contribution in [0.4, 0.5) is 10.6 Å². The van der Waals surface area contributed by atoms with Crippen molar-refractivity contribution in [2.45, 2.75) is 102 Å². The predicted molar refractivity (Wildman–Crippen MR) is 208 cm³/mol. The van der Waals surface area contributed by atoms with Crippen LogP contribution in [0.15, 0.2) is 36.9 Å². The molecule has 6 rings (SSSR count). The molecule has 1 aromatic carbocycles. The quantitative estimate of drug-likeness (QED) is 0.266. The highest BCUT2D eigenvalue weighted by atomic mass is 32.2. The molecule has 5 atom stereocenters. The van der Waals surface area contributed by atoms with E-state index < -0.39 is 79.7 Å². The summed E-state index contributed by atoms with van der Waals surface area (Å²) in [6.45, 7) is 16.5. The van der Waals surface area contributed by atoms with E-state index in [4.69, 9.17) is 23.9 Å². The Morgan fingerprint density at radius 1 is 1.07 bits per heavy atom. The number of ether oxygens (including phenoxy) is 4. The van der Waals surface area contributed by atoms with Gasteiger partial charge in [-0.1, -0.05) is 26.8 Å². The second kappa shape index (κ2) is 15.4. The third-order valence-corrected chi connectivity index (χ3v) is 12.3. The van der Waals surface area contributed by atoms with Crippen LogP contribution in [0.5, 0.6) is 11.6 Å². The topological polar surface area (TPSA) is 195 Å². The van der Waals surface area contributed by atoms with Crippen molar-refractivity contribution >= 4 is 50.4 Å². The van der Waals surface area contributed by atoms with Gasteiger partial charge in [-0.25, -0.2) is 13.2 Å². The lowest BCUT2D eigenvalue weighted by Crippen LogP contribution is -2.60. The number of anilines is 1. The number of likely N-dealkylation sites (tertiary alicyclic amines) is 1. The predicted octanol–water partition coefficient (Wildman–Crippen LogP) is 3.04. The molecule has 3 N–H and O–H groups in total. The molecule has 2 aliphatic heterocycles. The first-order valence-corrected chi connectivity index (χ1v) is 20.6. The van der Waals surface area contributed by atoms with Gasteiger partial charge in [0.15, 0.2) is 0 Å². The minimum absolute atomic E-state index is 0.00118. The largest absolute Gasteiger partial charge is 0.497 e. The number of nitrogens with one attached hydrogen (secondary N) is 3. The number of methoxy groups -OCH3 is 1. The average Bonchev–Trinajstić information content (AvgIpc) is 4.06. The Labute approximate surface area is 328 Å². The van der Waals surface area contributed by atoms with E-state index in [0.717, 1.165) is 5.39 Å². The van der Waals surface area contributed by atoms with Crippen molar-refractivity contribution in [1.82, 2.24) is 25.2 Å². The molecule has 17 heteroatoms. The number of pyridine rings is 1. The zero-order valence-corrected chi connectivity index (χ0v) is 34.0.